The Hall–Kier alpha value is -3.02. The molecule has 1 unspecified atom stereocenters. The van der Waals surface area contributed by atoms with Gasteiger partial charge in [0.05, 0.1) is 29.5 Å². The van der Waals surface area contributed by atoms with Crippen molar-refractivity contribution in [1.82, 2.24) is 9.97 Å². The van der Waals surface area contributed by atoms with Crippen LogP contribution in [0.1, 0.15) is 18.0 Å². The van der Waals surface area contributed by atoms with E-state index in [4.69, 9.17) is 0 Å². The van der Waals surface area contributed by atoms with Crippen LogP contribution in [0.25, 0.3) is 22.2 Å². The van der Waals surface area contributed by atoms with Gasteiger partial charge in [-0.2, -0.15) is 0 Å². The molecule has 1 saturated heterocycles. The number of rotatable bonds is 0. The molecule has 0 aliphatic carbocycles. The lowest BCUT2D eigenvalue weighted by molar-refractivity contribution is -0.121. The van der Waals surface area contributed by atoms with Crippen molar-refractivity contribution in [2.24, 2.45) is 0 Å². The van der Waals surface area contributed by atoms with Crippen molar-refractivity contribution in [3.63, 3.8) is 0 Å². The van der Waals surface area contributed by atoms with Gasteiger partial charge in [0, 0.05) is 11.1 Å². The fourth-order valence-electron chi connectivity index (χ4n) is 3.68. The zero-order chi connectivity index (χ0) is 15.7. The van der Waals surface area contributed by atoms with Crippen LogP contribution in [0.4, 0.5) is 10.1 Å². The normalized spacial score (nSPS) is 19.0. The van der Waals surface area contributed by atoms with Gasteiger partial charge in [0.1, 0.15) is 11.9 Å². The number of imidazole rings is 1. The summed E-state index contributed by atoms with van der Waals surface area (Å²) in [5, 5.41) is 0. The summed E-state index contributed by atoms with van der Waals surface area (Å²) in [6, 6.07) is 7.44. The SMILES string of the molecule is O=C1CC(=O)N2c3ccc4[nH]cnc4c3-c3c(F)cccc3C12. The smallest absolute Gasteiger partial charge is 0.235 e. The minimum atomic E-state index is -0.739. The van der Waals surface area contributed by atoms with E-state index in [9.17, 15) is 14.0 Å². The molecule has 0 saturated carbocycles. The molecule has 1 atom stereocenters. The summed E-state index contributed by atoms with van der Waals surface area (Å²) >= 11 is 0. The highest BCUT2D eigenvalue weighted by atomic mass is 19.1. The first-order valence-electron chi connectivity index (χ1n) is 7.26. The van der Waals surface area contributed by atoms with Gasteiger partial charge in [-0.1, -0.05) is 12.1 Å². The molecule has 2 aromatic carbocycles. The minimum Gasteiger partial charge on any atom is -0.345 e. The number of H-pyrrole nitrogens is 1. The number of nitrogens with one attached hydrogen (secondary N) is 1. The van der Waals surface area contributed by atoms with Crippen LogP contribution in [0.3, 0.4) is 0 Å². The second-order valence-electron chi connectivity index (χ2n) is 5.77. The molecule has 2 aliphatic rings. The number of Topliss-reactive ketones (excluding diaryl/α,β-unsaturated/α-hetero) is 1. The summed E-state index contributed by atoms with van der Waals surface area (Å²) in [6.45, 7) is 0. The average molecular weight is 307 g/mol. The second-order valence-corrected chi connectivity index (χ2v) is 5.77. The zero-order valence-corrected chi connectivity index (χ0v) is 11.8. The molecule has 1 amide bonds. The minimum absolute atomic E-state index is 0.154. The topological polar surface area (TPSA) is 66.1 Å². The van der Waals surface area contributed by atoms with Crippen molar-refractivity contribution in [2.75, 3.05) is 4.90 Å². The van der Waals surface area contributed by atoms with Crippen molar-refractivity contribution in [3.05, 3.63) is 48.0 Å². The van der Waals surface area contributed by atoms with Gasteiger partial charge in [-0.3, -0.25) is 14.5 Å². The van der Waals surface area contributed by atoms with E-state index in [0.717, 1.165) is 5.52 Å². The molecule has 3 aromatic rings. The predicted molar refractivity (Wildman–Crippen MR) is 81.3 cm³/mol. The molecule has 1 fully saturated rings. The van der Waals surface area contributed by atoms with Crippen molar-refractivity contribution in [3.8, 4) is 11.1 Å². The number of anilines is 1. The predicted octanol–water partition coefficient (Wildman–Crippen LogP) is 2.73. The number of hydrogen-bond acceptors (Lipinski definition) is 3. The average Bonchev–Trinajstić information content (AvgIpc) is 3.12. The molecule has 0 spiro atoms. The number of hydrogen-bond donors (Lipinski definition) is 1. The van der Waals surface area contributed by atoms with Gasteiger partial charge in [-0.25, -0.2) is 9.37 Å². The van der Waals surface area contributed by atoms with E-state index in [1.165, 1.54) is 17.3 Å². The summed E-state index contributed by atoms with van der Waals surface area (Å²) in [4.78, 5) is 33.4. The highest BCUT2D eigenvalue weighted by Gasteiger charge is 2.46. The van der Waals surface area contributed by atoms with Gasteiger partial charge in [0.25, 0.3) is 0 Å². The van der Waals surface area contributed by atoms with E-state index < -0.39 is 11.9 Å². The summed E-state index contributed by atoms with van der Waals surface area (Å²) in [5.74, 6) is -0.869. The van der Waals surface area contributed by atoms with Gasteiger partial charge in [0.2, 0.25) is 5.91 Å². The number of halogens is 1. The van der Waals surface area contributed by atoms with Crippen LogP contribution in [-0.2, 0) is 9.59 Å². The van der Waals surface area contributed by atoms with E-state index in [1.54, 1.807) is 24.3 Å². The number of ketones is 1. The monoisotopic (exact) mass is 307 g/mol. The fourth-order valence-corrected chi connectivity index (χ4v) is 3.68. The van der Waals surface area contributed by atoms with Crippen molar-refractivity contribution in [1.29, 1.82) is 0 Å². The lowest BCUT2D eigenvalue weighted by Crippen LogP contribution is -2.32. The molecule has 3 heterocycles. The van der Waals surface area contributed by atoms with Crippen LogP contribution < -0.4 is 4.90 Å². The molecule has 6 heteroatoms. The lowest BCUT2D eigenvalue weighted by Gasteiger charge is -2.33. The summed E-state index contributed by atoms with van der Waals surface area (Å²) in [5.41, 5.74) is 3.36. The van der Waals surface area contributed by atoms with Crippen LogP contribution in [0, 0.1) is 5.82 Å². The number of fused-ring (bicyclic) bond motifs is 8. The van der Waals surface area contributed by atoms with Gasteiger partial charge in [-0.05, 0) is 23.8 Å². The Kier molecular flexibility index (Phi) is 2.20. The maximum absolute atomic E-state index is 14.6. The maximum atomic E-state index is 14.6. The van der Waals surface area contributed by atoms with Crippen LogP contribution in [0.15, 0.2) is 36.7 Å². The summed E-state index contributed by atoms with van der Waals surface area (Å²) < 4.78 is 14.6. The maximum Gasteiger partial charge on any atom is 0.235 e. The molecule has 23 heavy (non-hydrogen) atoms. The highest BCUT2D eigenvalue weighted by Crippen LogP contribution is 2.50. The molecule has 112 valence electrons. The zero-order valence-electron chi connectivity index (χ0n) is 11.8. The van der Waals surface area contributed by atoms with Crippen LogP contribution >= 0.6 is 0 Å². The largest absolute Gasteiger partial charge is 0.345 e. The number of amides is 1. The Morgan fingerprint density at radius 2 is 2.04 bits per heavy atom. The van der Waals surface area contributed by atoms with Gasteiger partial charge in [0.15, 0.2) is 5.78 Å². The molecule has 1 N–H and O–H groups in total. The standard InChI is InChI=1S/C17H10FN3O2/c18-9-3-1-2-8-14(9)15-11(5-4-10-16(15)20-7-19-10)21-13(23)6-12(22)17(8)21/h1-5,7,17H,6H2,(H,19,20). The van der Waals surface area contributed by atoms with E-state index >= 15 is 0 Å². The number of benzene rings is 2. The first-order chi connectivity index (χ1) is 11.2. The van der Waals surface area contributed by atoms with E-state index in [1.807, 2.05) is 0 Å². The number of aromatic nitrogens is 2. The van der Waals surface area contributed by atoms with Gasteiger partial charge in [-0.15, -0.1) is 0 Å². The molecule has 2 aliphatic heterocycles. The molecule has 0 bridgehead atoms. The van der Waals surface area contributed by atoms with Crippen LogP contribution in [-0.4, -0.2) is 21.7 Å². The molecule has 5 nitrogen and oxygen atoms in total. The van der Waals surface area contributed by atoms with E-state index in [2.05, 4.69) is 9.97 Å². The number of nitrogens with zero attached hydrogens (tertiary/aromatic N) is 2. The Labute approximate surface area is 129 Å². The Balaban J connectivity index is 1.98. The molecule has 1 aromatic heterocycles. The number of carbonyl (C=O) groups excluding carboxylic acids is 2. The summed E-state index contributed by atoms with van der Waals surface area (Å²) in [7, 11) is 0. The van der Waals surface area contributed by atoms with Gasteiger partial charge >= 0.3 is 0 Å². The Bertz CT molecular complexity index is 1020. The lowest BCUT2D eigenvalue weighted by atomic mass is 9.87. The van der Waals surface area contributed by atoms with Crippen molar-refractivity contribution in [2.45, 2.75) is 12.5 Å². The van der Waals surface area contributed by atoms with E-state index in [0.29, 0.717) is 27.9 Å². The highest BCUT2D eigenvalue weighted by molar-refractivity contribution is 6.22. The summed E-state index contributed by atoms with van der Waals surface area (Å²) in [6.07, 6.45) is 1.38. The molecular formula is C17H10FN3O2. The Morgan fingerprint density at radius 3 is 2.91 bits per heavy atom. The third kappa shape index (κ3) is 1.42. The van der Waals surface area contributed by atoms with Gasteiger partial charge < -0.3 is 4.98 Å². The van der Waals surface area contributed by atoms with Crippen LogP contribution in [0.2, 0.25) is 0 Å². The molecular weight excluding hydrogens is 297 g/mol. The quantitative estimate of drug-likeness (QED) is 0.649. The molecule has 0 radical (unpaired) electrons. The Morgan fingerprint density at radius 1 is 1.17 bits per heavy atom. The first-order valence-corrected chi connectivity index (χ1v) is 7.26. The fraction of sp³-hybridized carbons (Fsp3) is 0.118. The number of aromatic amines is 1. The third-order valence-corrected chi connectivity index (χ3v) is 4.58. The van der Waals surface area contributed by atoms with Crippen molar-refractivity contribution >= 4 is 28.4 Å². The van der Waals surface area contributed by atoms with Crippen LogP contribution in [0.5, 0.6) is 0 Å². The third-order valence-electron chi connectivity index (χ3n) is 4.58. The second kappa shape index (κ2) is 4.04. The number of carbonyl (C=O) groups is 2. The molecule has 5 rings (SSSR count). The first kappa shape index (κ1) is 12.5. The van der Waals surface area contributed by atoms with Crippen molar-refractivity contribution < 1.29 is 14.0 Å². The van der Waals surface area contributed by atoms with E-state index in [-0.39, 0.29) is 18.1 Å².